The van der Waals surface area contributed by atoms with Crippen LogP contribution >= 0.6 is 0 Å². The van der Waals surface area contributed by atoms with Crippen LogP contribution in [0.4, 0.5) is 4.79 Å². The fourth-order valence-electron chi connectivity index (χ4n) is 6.40. The highest BCUT2D eigenvalue weighted by Crippen LogP contribution is 2.45. The number of nitrogens with zero attached hydrogens (tertiary/aromatic N) is 3. The van der Waals surface area contributed by atoms with Crippen molar-refractivity contribution in [1.82, 2.24) is 20.1 Å². The molecule has 1 spiro atoms. The first-order chi connectivity index (χ1) is 16.1. The molecular formula is C28H38N4O. The summed E-state index contributed by atoms with van der Waals surface area (Å²) in [5, 5.41) is 3.74. The van der Waals surface area contributed by atoms with Crippen LogP contribution < -0.4 is 5.32 Å². The Morgan fingerprint density at radius 1 is 1.06 bits per heavy atom. The molecule has 1 aromatic carbocycles. The topological polar surface area (TPSA) is 48.5 Å². The van der Waals surface area contributed by atoms with Gasteiger partial charge in [-0.2, -0.15) is 0 Å². The Hall–Kier alpha value is -2.40. The standard InChI is InChI=1S/C28H38N4O/c1-22-9-7-16-29-25(22)20-30-24-12-18-32(26(19-24)23-10-3-2-4-11-23)27(33)31-17-8-15-28(21-31)13-5-6-14-28/h2-4,7,9-11,16,24,26,30H,5-6,8,12-15,17-21H2,1H3/t24-,26+/m1/s1. The molecule has 0 radical (unpaired) electrons. The van der Waals surface area contributed by atoms with E-state index >= 15 is 0 Å². The number of rotatable bonds is 4. The van der Waals surface area contributed by atoms with Gasteiger partial charge in [-0.25, -0.2) is 4.79 Å². The number of amides is 2. The smallest absolute Gasteiger partial charge is 0.320 e. The van der Waals surface area contributed by atoms with Crippen molar-refractivity contribution >= 4 is 6.03 Å². The third kappa shape index (κ3) is 4.93. The summed E-state index contributed by atoms with van der Waals surface area (Å²) >= 11 is 0. The van der Waals surface area contributed by atoms with Gasteiger partial charge in [0.05, 0.1) is 11.7 Å². The number of likely N-dealkylation sites (tertiary alicyclic amines) is 2. The van der Waals surface area contributed by atoms with E-state index in [0.29, 0.717) is 11.5 Å². The molecule has 5 rings (SSSR count). The van der Waals surface area contributed by atoms with Gasteiger partial charge in [0, 0.05) is 38.4 Å². The van der Waals surface area contributed by atoms with E-state index in [2.05, 4.69) is 63.4 Å². The lowest BCUT2D eigenvalue weighted by atomic mass is 9.78. The van der Waals surface area contributed by atoms with Gasteiger partial charge in [0.2, 0.25) is 0 Å². The molecule has 1 aromatic heterocycles. The number of benzene rings is 1. The van der Waals surface area contributed by atoms with E-state index in [4.69, 9.17) is 0 Å². The van der Waals surface area contributed by atoms with E-state index in [1.807, 2.05) is 12.3 Å². The Kier molecular flexibility index (Phi) is 6.68. The van der Waals surface area contributed by atoms with Crippen LogP contribution in [-0.2, 0) is 6.54 Å². The summed E-state index contributed by atoms with van der Waals surface area (Å²) in [5.74, 6) is 0. The summed E-state index contributed by atoms with van der Waals surface area (Å²) in [6.07, 6.45) is 11.5. The van der Waals surface area contributed by atoms with E-state index in [1.54, 1.807) is 0 Å². The number of carbonyl (C=O) groups excluding carboxylic acids is 1. The maximum Gasteiger partial charge on any atom is 0.320 e. The van der Waals surface area contributed by atoms with E-state index in [0.717, 1.165) is 51.1 Å². The molecule has 1 aliphatic carbocycles. The van der Waals surface area contributed by atoms with Gasteiger partial charge in [0.15, 0.2) is 0 Å². The summed E-state index contributed by atoms with van der Waals surface area (Å²) in [7, 11) is 0. The Labute approximate surface area is 198 Å². The molecular weight excluding hydrogens is 408 g/mol. The molecule has 2 aliphatic heterocycles. The van der Waals surface area contributed by atoms with Gasteiger partial charge >= 0.3 is 6.03 Å². The predicted octanol–water partition coefficient (Wildman–Crippen LogP) is 5.46. The Bertz CT molecular complexity index is 940. The molecule has 0 unspecified atom stereocenters. The van der Waals surface area contributed by atoms with Crippen LogP contribution in [-0.4, -0.2) is 46.5 Å². The molecule has 3 aliphatic rings. The minimum atomic E-state index is 0.122. The largest absolute Gasteiger partial charge is 0.324 e. The number of nitrogens with one attached hydrogen (secondary N) is 1. The van der Waals surface area contributed by atoms with Crippen LogP contribution in [0, 0.1) is 12.3 Å². The zero-order valence-corrected chi connectivity index (χ0v) is 20.0. The number of aromatic nitrogens is 1. The Morgan fingerprint density at radius 3 is 2.64 bits per heavy atom. The van der Waals surface area contributed by atoms with Gasteiger partial charge in [-0.05, 0) is 68.1 Å². The summed E-state index contributed by atoms with van der Waals surface area (Å²) < 4.78 is 0. The second-order valence-corrected chi connectivity index (χ2v) is 10.5. The Morgan fingerprint density at radius 2 is 1.85 bits per heavy atom. The second kappa shape index (κ2) is 9.84. The SMILES string of the molecule is Cc1cccnc1CN[C@@H]1CCN(C(=O)N2CCCC3(CCCC3)C2)[C@H](c2ccccc2)C1. The Balaban J connectivity index is 1.30. The number of carbonyl (C=O) groups is 1. The van der Waals surface area contributed by atoms with Gasteiger partial charge in [-0.15, -0.1) is 0 Å². The van der Waals surface area contributed by atoms with Crippen LogP contribution in [0.2, 0.25) is 0 Å². The summed E-state index contributed by atoms with van der Waals surface area (Å²) in [4.78, 5) is 22.7. The molecule has 33 heavy (non-hydrogen) atoms. The van der Waals surface area contributed by atoms with Crippen molar-refractivity contribution < 1.29 is 4.79 Å². The number of hydrogen-bond acceptors (Lipinski definition) is 3. The molecule has 2 atom stereocenters. The van der Waals surface area contributed by atoms with Crippen LogP contribution in [0.5, 0.6) is 0 Å². The zero-order chi connectivity index (χ0) is 22.7. The number of pyridine rings is 1. The number of piperidine rings is 2. The summed E-state index contributed by atoms with van der Waals surface area (Å²) in [6.45, 7) is 5.58. The fraction of sp³-hybridized carbons (Fsp3) is 0.571. The molecule has 1 N–H and O–H groups in total. The van der Waals surface area contributed by atoms with Gasteiger partial charge in [-0.3, -0.25) is 4.98 Å². The molecule has 5 nitrogen and oxygen atoms in total. The first kappa shape index (κ1) is 22.4. The average molecular weight is 447 g/mol. The highest BCUT2D eigenvalue weighted by Gasteiger charge is 2.42. The monoisotopic (exact) mass is 446 g/mol. The van der Waals surface area contributed by atoms with E-state index in [-0.39, 0.29) is 12.1 Å². The first-order valence-electron chi connectivity index (χ1n) is 12.9. The number of aryl methyl sites for hydroxylation is 1. The van der Waals surface area contributed by atoms with Gasteiger partial charge in [-0.1, -0.05) is 49.2 Å². The summed E-state index contributed by atoms with van der Waals surface area (Å²) in [6, 6.07) is 15.5. The van der Waals surface area contributed by atoms with Crippen LogP contribution in [0.25, 0.3) is 0 Å². The van der Waals surface area contributed by atoms with Crippen molar-refractivity contribution in [1.29, 1.82) is 0 Å². The van der Waals surface area contributed by atoms with E-state index < -0.39 is 0 Å². The van der Waals surface area contributed by atoms with Gasteiger partial charge < -0.3 is 15.1 Å². The lowest BCUT2D eigenvalue weighted by Crippen LogP contribution is -2.54. The fourth-order valence-corrected chi connectivity index (χ4v) is 6.40. The lowest BCUT2D eigenvalue weighted by molar-refractivity contribution is 0.0648. The molecule has 0 bridgehead atoms. The van der Waals surface area contributed by atoms with Crippen molar-refractivity contribution in [2.24, 2.45) is 5.41 Å². The quantitative estimate of drug-likeness (QED) is 0.678. The highest BCUT2D eigenvalue weighted by molar-refractivity contribution is 5.75. The molecule has 2 saturated heterocycles. The lowest BCUT2D eigenvalue weighted by Gasteiger charge is -2.46. The van der Waals surface area contributed by atoms with E-state index in [9.17, 15) is 4.79 Å². The van der Waals surface area contributed by atoms with Crippen molar-refractivity contribution in [2.45, 2.75) is 76.9 Å². The number of urea groups is 1. The van der Waals surface area contributed by atoms with Crippen molar-refractivity contribution in [3.63, 3.8) is 0 Å². The van der Waals surface area contributed by atoms with Crippen LogP contribution in [0.15, 0.2) is 48.7 Å². The normalized spacial score (nSPS) is 24.9. The molecule has 1 saturated carbocycles. The molecule has 2 aromatic rings. The number of hydrogen-bond donors (Lipinski definition) is 1. The maximum absolute atomic E-state index is 13.8. The molecule has 2 amide bonds. The second-order valence-electron chi connectivity index (χ2n) is 10.5. The van der Waals surface area contributed by atoms with Crippen molar-refractivity contribution in [3.05, 3.63) is 65.5 Å². The third-order valence-corrected chi connectivity index (χ3v) is 8.30. The van der Waals surface area contributed by atoms with Crippen LogP contribution in [0.1, 0.15) is 74.2 Å². The average Bonchev–Trinajstić information content (AvgIpc) is 3.30. The highest BCUT2D eigenvalue weighted by atomic mass is 16.2. The van der Waals surface area contributed by atoms with Gasteiger partial charge in [0.1, 0.15) is 0 Å². The third-order valence-electron chi connectivity index (χ3n) is 8.30. The molecule has 176 valence electrons. The van der Waals surface area contributed by atoms with E-state index in [1.165, 1.54) is 43.2 Å². The van der Waals surface area contributed by atoms with Crippen molar-refractivity contribution in [2.75, 3.05) is 19.6 Å². The molecule has 3 fully saturated rings. The zero-order valence-electron chi connectivity index (χ0n) is 20.0. The molecule has 3 heterocycles. The van der Waals surface area contributed by atoms with Crippen LogP contribution in [0.3, 0.4) is 0 Å². The van der Waals surface area contributed by atoms with Crippen molar-refractivity contribution in [3.8, 4) is 0 Å². The molecule has 5 heteroatoms. The van der Waals surface area contributed by atoms with Gasteiger partial charge in [0.25, 0.3) is 0 Å². The first-order valence-corrected chi connectivity index (χ1v) is 12.9. The minimum Gasteiger partial charge on any atom is -0.324 e. The minimum absolute atomic E-state index is 0.122. The summed E-state index contributed by atoms with van der Waals surface area (Å²) in [5.41, 5.74) is 3.99. The predicted molar refractivity (Wildman–Crippen MR) is 132 cm³/mol. The maximum atomic E-state index is 13.8.